The van der Waals surface area contributed by atoms with Gasteiger partial charge in [0.15, 0.2) is 0 Å². The fourth-order valence-electron chi connectivity index (χ4n) is 3.97. The summed E-state index contributed by atoms with van der Waals surface area (Å²) in [6, 6.07) is 16.5. The number of rotatable bonds is 4. The minimum atomic E-state index is -0.0336. The first-order chi connectivity index (χ1) is 13.2. The van der Waals surface area contributed by atoms with Gasteiger partial charge in [-0.3, -0.25) is 9.69 Å². The molecule has 1 amide bonds. The lowest BCUT2D eigenvalue weighted by Gasteiger charge is -2.25. The number of amides is 1. The maximum Gasteiger partial charge on any atom is 0.255 e. The summed E-state index contributed by atoms with van der Waals surface area (Å²) in [5.74, 6) is 0.729. The van der Waals surface area contributed by atoms with E-state index in [4.69, 9.17) is 4.74 Å². The fraction of sp³-hybridized carbons (Fsp3) is 0.409. The monoisotopic (exact) mass is 365 g/mol. The van der Waals surface area contributed by atoms with Crippen LogP contribution >= 0.6 is 0 Å². The zero-order valence-electron chi connectivity index (χ0n) is 15.9. The molecule has 0 aliphatic carbocycles. The Morgan fingerprint density at radius 2 is 1.96 bits per heavy atom. The van der Waals surface area contributed by atoms with Crippen molar-refractivity contribution in [3.05, 3.63) is 65.2 Å². The Kier molecular flexibility index (Phi) is 5.41. The molecular weight excluding hydrogens is 338 g/mol. The number of hydrogen-bond donors (Lipinski definition) is 1. The largest absolute Gasteiger partial charge is 0.492 e. The maximum atomic E-state index is 12.9. The molecule has 0 saturated carbocycles. The predicted octanol–water partition coefficient (Wildman–Crippen LogP) is 2.17. The Morgan fingerprint density at radius 1 is 1.11 bits per heavy atom. The van der Waals surface area contributed by atoms with Gasteiger partial charge in [-0.05, 0) is 24.2 Å². The Morgan fingerprint density at radius 3 is 2.81 bits per heavy atom. The van der Waals surface area contributed by atoms with Gasteiger partial charge in [-0.1, -0.05) is 42.5 Å². The van der Waals surface area contributed by atoms with Crippen molar-refractivity contribution in [1.82, 2.24) is 15.1 Å². The Bertz CT molecular complexity index is 793. The number of nitrogens with one attached hydrogen (secondary N) is 1. The summed E-state index contributed by atoms with van der Waals surface area (Å²) < 4.78 is 5.70. The van der Waals surface area contributed by atoms with Gasteiger partial charge in [0, 0.05) is 39.1 Å². The maximum absolute atomic E-state index is 12.9. The molecule has 0 spiro atoms. The molecule has 2 aromatic carbocycles. The van der Waals surface area contributed by atoms with Crippen LogP contribution in [0.4, 0.5) is 0 Å². The molecule has 4 rings (SSSR count). The number of ether oxygens (including phenoxy) is 1. The lowest BCUT2D eigenvalue weighted by Crippen LogP contribution is -2.46. The van der Waals surface area contributed by atoms with Crippen molar-refractivity contribution in [2.45, 2.75) is 19.0 Å². The van der Waals surface area contributed by atoms with E-state index in [1.165, 1.54) is 5.56 Å². The van der Waals surface area contributed by atoms with Crippen LogP contribution in [0, 0.1) is 0 Å². The van der Waals surface area contributed by atoms with Crippen molar-refractivity contribution in [2.24, 2.45) is 0 Å². The summed E-state index contributed by atoms with van der Waals surface area (Å²) in [7, 11) is 2.12. The highest BCUT2D eigenvalue weighted by Crippen LogP contribution is 2.29. The van der Waals surface area contributed by atoms with Crippen LogP contribution in [-0.4, -0.2) is 61.6 Å². The first kappa shape index (κ1) is 18.0. The van der Waals surface area contributed by atoms with Crippen LogP contribution in [0.3, 0.4) is 0 Å². The van der Waals surface area contributed by atoms with Crippen molar-refractivity contribution in [1.29, 1.82) is 0 Å². The van der Waals surface area contributed by atoms with Crippen molar-refractivity contribution >= 4 is 5.91 Å². The van der Waals surface area contributed by atoms with Crippen LogP contribution in [-0.2, 0) is 13.0 Å². The molecule has 0 radical (unpaired) electrons. The van der Waals surface area contributed by atoms with Crippen LogP contribution in [0.1, 0.15) is 21.5 Å². The lowest BCUT2D eigenvalue weighted by molar-refractivity contribution is 0.0921. The zero-order chi connectivity index (χ0) is 18.6. The third-order valence-corrected chi connectivity index (χ3v) is 5.35. The van der Waals surface area contributed by atoms with E-state index in [0.29, 0.717) is 12.2 Å². The molecule has 0 aromatic heterocycles. The summed E-state index contributed by atoms with van der Waals surface area (Å²) in [6.07, 6.45) is 0.882. The van der Waals surface area contributed by atoms with Gasteiger partial charge in [0.1, 0.15) is 5.75 Å². The number of nitrogens with zero attached hydrogens (tertiary/aromatic N) is 2. The second-order valence-corrected chi connectivity index (χ2v) is 7.55. The summed E-state index contributed by atoms with van der Waals surface area (Å²) in [5, 5.41) is 3.25. The van der Waals surface area contributed by atoms with Crippen LogP contribution in [0.25, 0.3) is 0 Å². The van der Waals surface area contributed by atoms with Crippen molar-refractivity contribution in [2.75, 3.05) is 39.8 Å². The van der Waals surface area contributed by atoms with Crippen LogP contribution in [0.15, 0.2) is 48.5 Å². The minimum Gasteiger partial charge on any atom is -0.492 e. The minimum absolute atomic E-state index is 0.0336. The van der Waals surface area contributed by atoms with Crippen molar-refractivity contribution in [3.8, 4) is 5.75 Å². The van der Waals surface area contributed by atoms with Crippen molar-refractivity contribution < 1.29 is 9.53 Å². The van der Waals surface area contributed by atoms with E-state index in [0.717, 1.165) is 50.5 Å². The van der Waals surface area contributed by atoms with Crippen LogP contribution < -0.4 is 10.1 Å². The van der Waals surface area contributed by atoms with E-state index < -0.39 is 0 Å². The molecule has 142 valence electrons. The second kappa shape index (κ2) is 8.11. The molecule has 1 unspecified atom stereocenters. The number of carbonyl (C=O) groups excluding carboxylic acids is 1. The summed E-state index contributed by atoms with van der Waals surface area (Å²) in [5.41, 5.74) is 3.10. The lowest BCUT2D eigenvalue weighted by atomic mass is 10.1. The molecule has 5 nitrogen and oxygen atoms in total. The van der Waals surface area contributed by atoms with E-state index >= 15 is 0 Å². The normalized spacial score (nSPS) is 20.6. The number of likely N-dealkylation sites (N-methyl/N-ethyl adjacent to an activating group) is 1. The van der Waals surface area contributed by atoms with E-state index in [9.17, 15) is 4.79 Å². The molecule has 0 bridgehead atoms. The summed E-state index contributed by atoms with van der Waals surface area (Å²) in [6.45, 7) is 5.28. The molecule has 2 heterocycles. The number of benzene rings is 2. The second-order valence-electron chi connectivity index (χ2n) is 7.55. The Labute approximate surface area is 160 Å². The van der Waals surface area contributed by atoms with Gasteiger partial charge in [-0.2, -0.15) is 0 Å². The first-order valence-corrected chi connectivity index (χ1v) is 9.69. The van der Waals surface area contributed by atoms with E-state index in [-0.39, 0.29) is 11.9 Å². The van der Waals surface area contributed by atoms with Gasteiger partial charge in [-0.15, -0.1) is 0 Å². The average Bonchev–Trinajstić information content (AvgIpc) is 3.08. The number of fused-ring (bicyclic) bond motifs is 1. The Balaban J connectivity index is 1.45. The molecule has 2 aliphatic rings. The van der Waals surface area contributed by atoms with Gasteiger partial charge in [0.05, 0.1) is 18.2 Å². The molecular formula is C22H27N3O2. The molecule has 2 aliphatic heterocycles. The molecule has 1 fully saturated rings. The third-order valence-electron chi connectivity index (χ3n) is 5.35. The van der Waals surface area contributed by atoms with Gasteiger partial charge < -0.3 is 15.0 Å². The van der Waals surface area contributed by atoms with E-state index in [2.05, 4.69) is 46.4 Å². The zero-order valence-corrected chi connectivity index (χ0v) is 15.9. The number of hydrogen-bond acceptors (Lipinski definition) is 4. The highest BCUT2D eigenvalue weighted by molar-refractivity contribution is 5.97. The summed E-state index contributed by atoms with van der Waals surface area (Å²) >= 11 is 0. The first-order valence-electron chi connectivity index (χ1n) is 9.69. The van der Waals surface area contributed by atoms with Gasteiger partial charge >= 0.3 is 0 Å². The van der Waals surface area contributed by atoms with Crippen molar-refractivity contribution in [3.63, 3.8) is 0 Å². The third kappa shape index (κ3) is 4.31. The molecule has 2 aromatic rings. The van der Waals surface area contributed by atoms with Crippen LogP contribution in [0.2, 0.25) is 0 Å². The topological polar surface area (TPSA) is 44.8 Å². The number of carbonyl (C=O) groups is 1. The average molecular weight is 365 g/mol. The number of para-hydroxylation sites is 1. The fourth-order valence-corrected chi connectivity index (χ4v) is 3.97. The van der Waals surface area contributed by atoms with E-state index in [1.54, 1.807) is 0 Å². The molecule has 27 heavy (non-hydrogen) atoms. The quantitative estimate of drug-likeness (QED) is 0.902. The Hall–Kier alpha value is -2.37. The molecule has 1 saturated heterocycles. The smallest absolute Gasteiger partial charge is 0.255 e. The standard InChI is InChI=1S/C22H27N3O2/c1-24-11-12-25(14-17-6-3-2-4-7-17)16-19(15-24)23-22(26)20-9-5-8-18-10-13-27-21(18)20/h2-9,19H,10-16H2,1H3,(H,23,26). The predicted molar refractivity (Wildman–Crippen MR) is 106 cm³/mol. The highest BCUT2D eigenvalue weighted by atomic mass is 16.5. The molecule has 5 heteroatoms. The molecule has 1 atom stereocenters. The van der Waals surface area contributed by atoms with E-state index in [1.807, 2.05) is 24.3 Å². The van der Waals surface area contributed by atoms with Gasteiger partial charge in [-0.25, -0.2) is 0 Å². The van der Waals surface area contributed by atoms with Gasteiger partial charge in [0.2, 0.25) is 0 Å². The molecule has 1 N–H and O–H groups in total. The highest BCUT2D eigenvalue weighted by Gasteiger charge is 2.25. The van der Waals surface area contributed by atoms with Crippen LogP contribution in [0.5, 0.6) is 5.75 Å². The summed E-state index contributed by atoms with van der Waals surface area (Å²) in [4.78, 5) is 17.6. The SMILES string of the molecule is CN1CCN(Cc2ccccc2)CC(NC(=O)c2cccc3c2OCC3)C1. The van der Waals surface area contributed by atoms with Gasteiger partial charge in [0.25, 0.3) is 5.91 Å².